The summed E-state index contributed by atoms with van der Waals surface area (Å²) in [4.78, 5) is 37.4. The summed E-state index contributed by atoms with van der Waals surface area (Å²) in [6, 6.07) is 4.89. The van der Waals surface area contributed by atoms with Crippen molar-refractivity contribution in [2.45, 2.75) is 31.7 Å². The number of hydrogen-bond acceptors (Lipinski definition) is 6. The van der Waals surface area contributed by atoms with Crippen LogP contribution in [0.4, 0.5) is 5.69 Å². The number of nitrogens with one attached hydrogen (secondary N) is 1. The number of amides is 2. The molecular weight excluding hydrogens is 398 g/mol. The summed E-state index contributed by atoms with van der Waals surface area (Å²) in [7, 11) is -1.91. The molecule has 0 aromatic heterocycles. The van der Waals surface area contributed by atoms with Gasteiger partial charge < -0.3 is 15.0 Å². The minimum absolute atomic E-state index is 0.0902. The second kappa shape index (κ2) is 8.40. The van der Waals surface area contributed by atoms with E-state index in [0.717, 1.165) is 24.7 Å². The van der Waals surface area contributed by atoms with Gasteiger partial charge in [-0.1, -0.05) is 0 Å². The molecule has 0 radical (unpaired) electrons. The predicted molar refractivity (Wildman–Crippen MR) is 106 cm³/mol. The molecule has 158 valence electrons. The number of aryl methyl sites for hydroxylation is 1. The molecule has 1 heterocycles. The first kappa shape index (κ1) is 21.1. The van der Waals surface area contributed by atoms with Crippen molar-refractivity contribution in [2.24, 2.45) is 0 Å². The van der Waals surface area contributed by atoms with E-state index in [-0.39, 0.29) is 24.1 Å². The first-order valence-corrected chi connectivity index (χ1v) is 11.3. The zero-order valence-corrected chi connectivity index (χ0v) is 17.3. The molecule has 29 heavy (non-hydrogen) atoms. The van der Waals surface area contributed by atoms with Crippen LogP contribution in [0.25, 0.3) is 0 Å². The van der Waals surface area contributed by atoms with Gasteiger partial charge in [-0.25, -0.2) is 13.2 Å². The number of rotatable bonds is 7. The summed E-state index contributed by atoms with van der Waals surface area (Å²) in [5.41, 5.74) is 1.56. The third kappa shape index (κ3) is 5.47. The molecule has 9 nitrogen and oxygen atoms in total. The summed E-state index contributed by atoms with van der Waals surface area (Å²) in [5, 5.41) is 2.79. The van der Waals surface area contributed by atoms with Gasteiger partial charge in [0.05, 0.1) is 24.1 Å². The summed E-state index contributed by atoms with van der Waals surface area (Å²) in [5.74, 6) is -1.39. The molecule has 3 rings (SSSR count). The van der Waals surface area contributed by atoms with Crippen molar-refractivity contribution in [1.29, 1.82) is 0 Å². The van der Waals surface area contributed by atoms with Crippen LogP contribution >= 0.6 is 0 Å². The Morgan fingerprint density at radius 2 is 2.00 bits per heavy atom. The standard InChI is InChI=1S/C19H25N3O6S/c1-21(11-17(23)20-15-6-7-15)18(24)12-28-19(25)14-5-8-16-13(10-14)4-3-9-22(16)29(2,26)27/h5,8,10,15H,3-4,6-7,9,11-12H2,1-2H3,(H,20,23). The number of hydrogen-bond donors (Lipinski definition) is 1. The smallest absolute Gasteiger partial charge is 0.338 e. The molecule has 2 aliphatic rings. The quantitative estimate of drug-likeness (QED) is 0.631. The van der Waals surface area contributed by atoms with Gasteiger partial charge in [-0.2, -0.15) is 0 Å². The second-order valence-electron chi connectivity index (χ2n) is 7.45. The van der Waals surface area contributed by atoms with Gasteiger partial charge in [-0.3, -0.25) is 13.9 Å². The summed E-state index contributed by atoms with van der Waals surface area (Å²) >= 11 is 0. The number of fused-ring (bicyclic) bond motifs is 1. The van der Waals surface area contributed by atoms with Crippen molar-refractivity contribution in [3.8, 4) is 0 Å². The predicted octanol–water partition coefficient (Wildman–Crippen LogP) is 0.293. The fourth-order valence-electron chi connectivity index (χ4n) is 3.16. The Kier molecular flexibility index (Phi) is 6.11. The molecule has 0 spiro atoms. The van der Waals surface area contributed by atoms with E-state index in [4.69, 9.17) is 4.74 Å². The lowest BCUT2D eigenvalue weighted by Gasteiger charge is -2.29. The van der Waals surface area contributed by atoms with Gasteiger partial charge in [0.25, 0.3) is 5.91 Å². The fraction of sp³-hybridized carbons (Fsp3) is 0.526. The average molecular weight is 423 g/mol. The minimum atomic E-state index is -3.38. The third-order valence-electron chi connectivity index (χ3n) is 4.87. The van der Waals surface area contributed by atoms with Gasteiger partial charge in [0.15, 0.2) is 6.61 Å². The Hall–Kier alpha value is -2.62. The fourth-order valence-corrected chi connectivity index (χ4v) is 4.16. The molecule has 1 aromatic rings. The zero-order chi connectivity index (χ0) is 21.2. The maximum Gasteiger partial charge on any atom is 0.338 e. The Labute approximate surface area is 170 Å². The summed E-state index contributed by atoms with van der Waals surface area (Å²) < 4.78 is 30.2. The number of sulfonamides is 1. The molecule has 1 N–H and O–H groups in total. The molecule has 1 saturated carbocycles. The lowest BCUT2D eigenvalue weighted by molar-refractivity contribution is -0.137. The number of anilines is 1. The van der Waals surface area contributed by atoms with Crippen LogP contribution in [-0.4, -0.2) is 70.1 Å². The van der Waals surface area contributed by atoms with Crippen molar-refractivity contribution < 1.29 is 27.5 Å². The molecule has 1 aliphatic carbocycles. The minimum Gasteiger partial charge on any atom is -0.452 e. The Bertz CT molecular complexity index is 926. The molecule has 1 aromatic carbocycles. The van der Waals surface area contributed by atoms with E-state index < -0.39 is 28.5 Å². The highest BCUT2D eigenvalue weighted by molar-refractivity contribution is 7.92. The van der Waals surface area contributed by atoms with Gasteiger partial charge in [-0.05, 0) is 49.4 Å². The molecule has 0 unspecified atom stereocenters. The van der Waals surface area contributed by atoms with Gasteiger partial charge in [-0.15, -0.1) is 0 Å². The zero-order valence-electron chi connectivity index (χ0n) is 16.5. The van der Waals surface area contributed by atoms with E-state index >= 15 is 0 Å². The SMILES string of the molecule is CN(CC(=O)NC1CC1)C(=O)COC(=O)c1ccc2c(c1)CCCN2S(C)(=O)=O. The molecule has 1 aliphatic heterocycles. The molecule has 0 bridgehead atoms. The highest BCUT2D eigenvalue weighted by Crippen LogP contribution is 2.30. The highest BCUT2D eigenvalue weighted by Gasteiger charge is 2.26. The first-order chi connectivity index (χ1) is 13.6. The topological polar surface area (TPSA) is 113 Å². The van der Waals surface area contributed by atoms with Crippen LogP contribution in [0.3, 0.4) is 0 Å². The van der Waals surface area contributed by atoms with Crippen LogP contribution in [0.1, 0.15) is 35.2 Å². The van der Waals surface area contributed by atoms with E-state index in [1.807, 2.05) is 0 Å². The number of carbonyl (C=O) groups is 3. The van der Waals surface area contributed by atoms with Crippen LogP contribution < -0.4 is 9.62 Å². The molecule has 1 fully saturated rings. The molecule has 0 atom stereocenters. The van der Waals surface area contributed by atoms with Crippen molar-refractivity contribution >= 4 is 33.5 Å². The normalized spacial score (nSPS) is 16.0. The largest absolute Gasteiger partial charge is 0.452 e. The number of esters is 1. The average Bonchev–Trinajstić information content (AvgIpc) is 3.47. The van der Waals surface area contributed by atoms with Crippen LogP contribution in [0, 0.1) is 0 Å². The van der Waals surface area contributed by atoms with Crippen LogP contribution in [0.2, 0.25) is 0 Å². The van der Waals surface area contributed by atoms with Crippen molar-refractivity contribution in [3.05, 3.63) is 29.3 Å². The lowest BCUT2D eigenvalue weighted by atomic mass is 10.0. The first-order valence-electron chi connectivity index (χ1n) is 9.46. The number of carbonyl (C=O) groups excluding carboxylic acids is 3. The van der Waals surface area contributed by atoms with Crippen molar-refractivity contribution in [2.75, 3.05) is 37.3 Å². The highest BCUT2D eigenvalue weighted by atomic mass is 32.2. The van der Waals surface area contributed by atoms with E-state index in [2.05, 4.69) is 5.32 Å². The van der Waals surface area contributed by atoms with Crippen molar-refractivity contribution in [1.82, 2.24) is 10.2 Å². The number of ether oxygens (including phenoxy) is 1. The number of benzene rings is 1. The van der Waals surface area contributed by atoms with E-state index in [1.54, 1.807) is 12.1 Å². The number of nitrogens with zero attached hydrogens (tertiary/aromatic N) is 2. The van der Waals surface area contributed by atoms with Gasteiger partial charge in [0, 0.05) is 19.6 Å². The van der Waals surface area contributed by atoms with Gasteiger partial charge >= 0.3 is 5.97 Å². The summed E-state index contributed by atoms with van der Waals surface area (Å²) in [6.45, 7) is -0.156. The second-order valence-corrected chi connectivity index (χ2v) is 9.36. The maximum absolute atomic E-state index is 12.3. The van der Waals surface area contributed by atoms with Crippen molar-refractivity contribution in [3.63, 3.8) is 0 Å². The Balaban J connectivity index is 1.56. The number of likely N-dealkylation sites (N-methyl/N-ethyl adjacent to an activating group) is 1. The summed E-state index contributed by atoms with van der Waals surface area (Å²) in [6.07, 6.45) is 4.38. The van der Waals surface area contributed by atoms with E-state index in [9.17, 15) is 22.8 Å². The molecule has 2 amide bonds. The van der Waals surface area contributed by atoms with Crippen LogP contribution in [-0.2, 0) is 30.8 Å². The Morgan fingerprint density at radius 3 is 2.66 bits per heavy atom. The Morgan fingerprint density at radius 1 is 1.28 bits per heavy atom. The lowest BCUT2D eigenvalue weighted by Crippen LogP contribution is -2.40. The van der Waals surface area contributed by atoms with Crippen LogP contribution in [0.15, 0.2) is 18.2 Å². The van der Waals surface area contributed by atoms with E-state index in [0.29, 0.717) is 25.1 Å². The van der Waals surface area contributed by atoms with E-state index in [1.165, 1.54) is 22.3 Å². The third-order valence-corrected chi connectivity index (χ3v) is 6.05. The molecule has 0 saturated heterocycles. The molecular formula is C19H25N3O6S. The maximum atomic E-state index is 12.3. The molecule has 10 heteroatoms. The van der Waals surface area contributed by atoms with Gasteiger partial charge in [0.1, 0.15) is 0 Å². The van der Waals surface area contributed by atoms with Crippen LogP contribution in [0.5, 0.6) is 0 Å². The monoisotopic (exact) mass is 423 g/mol. The van der Waals surface area contributed by atoms with Gasteiger partial charge in [0.2, 0.25) is 15.9 Å².